The Bertz CT molecular complexity index is 1230. The van der Waals surface area contributed by atoms with Gasteiger partial charge in [0.1, 0.15) is 11.5 Å². The van der Waals surface area contributed by atoms with E-state index < -0.39 is 0 Å². The summed E-state index contributed by atoms with van der Waals surface area (Å²) in [7, 11) is 0. The molecular weight excluding hydrogens is 496 g/mol. The first-order valence-corrected chi connectivity index (χ1v) is 13.9. The molecule has 1 amide bonds. The van der Waals surface area contributed by atoms with Crippen molar-refractivity contribution in [1.29, 1.82) is 0 Å². The second kappa shape index (κ2) is 11.5. The third kappa shape index (κ3) is 5.89. The molecule has 0 atom stereocenters. The van der Waals surface area contributed by atoms with Gasteiger partial charge in [-0.25, -0.2) is 0 Å². The first-order valence-electron chi connectivity index (χ1n) is 13.9. The molecule has 2 saturated heterocycles. The van der Waals surface area contributed by atoms with Crippen LogP contribution in [-0.4, -0.2) is 66.0 Å². The Labute approximate surface area is 229 Å². The summed E-state index contributed by atoms with van der Waals surface area (Å²) in [5, 5.41) is 10.1. The number of nitrogens with zero attached hydrogens (tertiary/aromatic N) is 2. The first-order chi connectivity index (χ1) is 19.1. The van der Waals surface area contributed by atoms with Crippen molar-refractivity contribution in [2.24, 2.45) is 0 Å². The van der Waals surface area contributed by atoms with Crippen molar-refractivity contribution >= 4 is 5.91 Å². The maximum absolute atomic E-state index is 13.1. The van der Waals surface area contributed by atoms with E-state index in [9.17, 15) is 9.90 Å². The lowest BCUT2D eigenvalue weighted by atomic mass is 9.80. The van der Waals surface area contributed by atoms with Crippen molar-refractivity contribution in [1.82, 2.24) is 9.80 Å². The first kappa shape index (κ1) is 26.1. The molecule has 1 saturated carbocycles. The summed E-state index contributed by atoms with van der Waals surface area (Å²) >= 11 is 0. The van der Waals surface area contributed by atoms with Gasteiger partial charge < -0.3 is 28.6 Å². The summed E-state index contributed by atoms with van der Waals surface area (Å²) < 4.78 is 23.0. The van der Waals surface area contributed by atoms with E-state index in [-0.39, 0.29) is 18.3 Å². The molecule has 2 aliphatic heterocycles. The minimum atomic E-state index is -0.373. The van der Waals surface area contributed by atoms with Crippen LogP contribution in [0.5, 0.6) is 11.5 Å². The molecule has 1 aliphatic carbocycles. The van der Waals surface area contributed by atoms with E-state index >= 15 is 0 Å². The van der Waals surface area contributed by atoms with Crippen molar-refractivity contribution in [3.05, 3.63) is 83.3 Å². The third-order valence-electron chi connectivity index (χ3n) is 8.26. The number of hydrogen-bond donors (Lipinski definition) is 1. The van der Waals surface area contributed by atoms with Gasteiger partial charge in [0.25, 0.3) is 5.91 Å². The molecule has 1 N–H and O–H groups in total. The van der Waals surface area contributed by atoms with Crippen LogP contribution in [0.25, 0.3) is 0 Å². The zero-order chi connectivity index (χ0) is 26.7. The van der Waals surface area contributed by atoms with E-state index in [2.05, 4.69) is 17.0 Å². The van der Waals surface area contributed by atoms with Crippen LogP contribution in [0, 0.1) is 0 Å². The molecule has 3 aromatic rings. The average Bonchev–Trinajstić information content (AvgIpc) is 3.67. The number of amides is 1. The van der Waals surface area contributed by atoms with Crippen LogP contribution >= 0.6 is 0 Å². The Morgan fingerprint density at radius 2 is 1.72 bits per heavy atom. The highest BCUT2D eigenvalue weighted by Gasteiger charge is 2.40. The van der Waals surface area contributed by atoms with E-state index in [0.717, 1.165) is 56.4 Å². The number of aliphatic hydroxyl groups excluding tert-OH is 1. The molecule has 8 heteroatoms. The van der Waals surface area contributed by atoms with Crippen LogP contribution < -0.4 is 4.74 Å². The van der Waals surface area contributed by atoms with Gasteiger partial charge in [-0.3, -0.25) is 9.69 Å². The molecule has 39 heavy (non-hydrogen) atoms. The van der Waals surface area contributed by atoms with Gasteiger partial charge in [-0.15, -0.1) is 0 Å². The number of rotatable bonds is 7. The standard InChI is InChI=1S/C31H36N2O6/c34-21-27-19-26(24-7-10-31(11-8-24)37-17-18-38-31)3-6-29(27)39-28-4-1-25(2-5-28)30(35)33-14-12-32(13-15-33)20-23-9-16-36-22-23/h1-6,9,16,19,22,24,34H,7-8,10-15,17-18,20-21H2. The fourth-order valence-corrected chi connectivity index (χ4v) is 5.98. The molecule has 3 fully saturated rings. The summed E-state index contributed by atoms with van der Waals surface area (Å²) in [6, 6.07) is 15.3. The van der Waals surface area contributed by atoms with Gasteiger partial charge in [-0.1, -0.05) is 6.07 Å². The maximum Gasteiger partial charge on any atom is 0.253 e. The monoisotopic (exact) mass is 532 g/mol. The summed E-state index contributed by atoms with van der Waals surface area (Å²) in [4.78, 5) is 17.3. The molecule has 206 valence electrons. The second-order valence-corrected chi connectivity index (χ2v) is 10.7. The molecule has 6 rings (SSSR count). The minimum Gasteiger partial charge on any atom is -0.472 e. The molecule has 8 nitrogen and oxygen atoms in total. The number of carbonyl (C=O) groups is 1. The van der Waals surface area contributed by atoms with Crippen molar-refractivity contribution in [3.63, 3.8) is 0 Å². The van der Waals surface area contributed by atoms with Crippen molar-refractivity contribution in [2.45, 2.75) is 50.5 Å². The average molecular weight is 533 g/mol. The maximum atomic E-state index is 13.1. The van der Waals surface area contributed by atoms with Crippen LogP contribution in [0.2, 0.25) is 0 Å². The van der Waals surface area contributed by atoms with Crippen molar-refractivity contribution < 1.29 is 28.5 Å². The van der Waals surface area contributed by atoms with Gasteiger partial charge >= 0.3 is 0 Å². The Hall–Kier alpha value is -3.17. The Kier molecular flexibility index (Phi) is 7.70. The lowest BCUT2D eigenvalue weighted by Gasteiger charge is -2.35. The quantitative estimate of drug-likeness (QED) is 0.462. The van der Waals surface area contributed by atoms with Gasteiger partial charge in [0, 0.05) is 62.3 Å². The lowest BCUT2D eigenvalue weighted by molar-refractivity contribution is -0.178. The number of furan rings is 1. The number of ether oxygens (including phenoxy) is 3. The van der Waals surface area contributed by atoms with Gasteiger partial charge in [0.15, 0.2) is 5.79 Å². The number of carbonyl (C=O) groups excluding carboxylic acids is 1. The SMILES string of the molecule is O=C(c1ccc(Oc2ccc(C3CCC4(CC3)OCCO4)cc2CO)cc1)N1CCN(Cc2ccoc2)CC1. The summed E-state index contributed by atoms with van der Waals surface area (Å²) in [6.45, 7) is 5.17. The third-order valence-corrected chi connectivity index (χ3v) is 8.26. The number of piperazine rings is 1. The largest absolute Gasteiger partial charge is 0.472 e. The van der Waals surface area contributed by atoms with Crippen LogP contribution in [0.4, 0.5) is 0 Å². The fourth-order valence-electron chi connectivity index (χ4n) is 5.98. The second-order valence-electron chi connectivity index (χ2n) is 10.7. The molecule has 3 aliphatic rings. The van der Waals surface area contributed by atoms with Gasteiger partial charge in [0.2, 0.25) is 0 Å². The van der Waals surface area contributed by atoms with Crippen LogP contribution in [-0.2, 0) is 22.6 Å². The molecule has 2 aromatic carbocycles. The molecule has 1 aromatic heterocycles. The zero-order valence-electron chi connectivity index (χ0n) is 22.2. The summed E-state index contributed by atoms with van der Waals surface area (Å²) in [6.07, 6.45) is 7.26. The highest BCUT2D eigenvalue weighted by molar-refractivity contribution is 5.94. The fraction of sp³-hybridized carbons (Fsp3) is 0.452. The minimum absolute atomic E-state index is 0.0348. The van der Waals surface area contributed by atoms with E-state index in [1.165, 1.54) is 5.56 Å². The Morgan fingerprint density at radius 1 is 0.974 bits per heavy atom. The van der Waals surface area contributed by atoms with Crippen LogP contribution in [0.1, 0.15) is 58.6 Å². The van der Waals surface area contributed by atoms with Crippen LogP contribution in [0.3, 0.4) is 0 Å². The Morgan fingerprint density at radius 3 is 2.38 bits per heavy atom. The number of hydrogen-bond acceptors (Lipinski definition) is 7. The van der Waals surface area contributed by atoms with Gasteiger partial charge in [-0.05, 0) is 66.8 Å². The number of aliphatic hydroxyl groups is 1. The normalized spacial score (nSPS) is 20.0. The summed E-state index contributed by atoms with van der Waals surface area (Å²) in [5.41, 5.74) is 3.77. The molecule has 3 heterocycles. The molecule has 1 spiro atoms. The van der Waals surface area contributed by atoms with E-state index in [4.69, 9.17) is 18.6 Å². The molecule has 0 unspecified atom stereocenters. The van der Waals surface area contributed by atoms with Gasteiger partial charge in [-0.2, -0.15) is 0 Å². The van der Waals surface area contributed by atoms with Crippen molar-refractivity contribution in [3.8, 4) is 11.5 Å². The topological polar surface area (TPSA) is 84.6 Å². The van der Waals surface area contributed by atoms with Crippen LogP contribution in [0.15, 0.2) is 65.5 Å². The van der Waals surface area contributed by atoms with E-state index in [1.807, 2.05) is 41.3 Å². The number of benzene rings is 2. The Balaban J connectivity index is 1.04. The summed E-state index contributed by atoms with van der Waals surface area (Å²) in [5.74, 6) is 1.34. The van der Waals surface area contributed by atoms with Gasteiger partial charge in [0.05, 0.1) is 32.3 Å². The van der Waals surface area contributed by atoms with E-state index in [0.29, 0.717) is 49.3 Å². The predicted octanol–water partition coefficient (Wildman–Crippen LogP) is 4.92. The van der Waals surface area contributed by atoms with Crippen molar-refractivity contribution in [2.75, 3.05) is 39.4 Å². The smallest absolute Gasteiger partial charge is 0.253 e. The highest BCUT2D eigenvalue weighted by atomic mass is 16.7. The molecule has 0 radical (unpaired) electrons. The lowest BCUT2D eigenvalue weighted by Crippen LogP contribution is -2.48. The zero-order valence-corrected chi connectivity index (χ0v) is 22.2. The predicted molar refractivity (Wildman–Crippen MR) is 145 cm³/mol. The molecule has 0 bridgehead atoms. The molecular formula is C31H36N2O6. The van der Waals surface area contributed by atoms with E-state index in [1.54, 1.807) is 12.5 Å². The highest BCUT2D eigenvalue weighted by Crippen LogP contribution is 2.43.